The molecule has 2 heterocycles. The number of rotatable bonds is 9. The maximum absolute atomic E-state index is 13.4. The second-order valence-corrected chi connectivity index (χ2v) is 9.03. The Hall–Kier alpha value is -3.58. The van der Waals surface area contributed by atoms with Gasteiger partial charge in [-0.1, -0.05) is 24.3 Å². The standard InChI is InChI=1S/C27H27NO5S/c1-18-22-11-10-20(31-2)15-25(22)33-27(30)23(18)12-13-26(29)28(17-21-8-6-14-34-21)16-19-7-4-5-9-24(19)32-3/h4-11,14-15H,12-13,16-17H2,1-3H3. The van der Waals surface area contributed by atoms with Gasteiger partial charge in [0.1, 0.15) is 17.1 Å². The average Bonchev–Trinajstić information content (AvgIpc) is 3.36. The van der Waals surface area contributed by atoms with Gasteiger partial charge in [-0.2, -0.15) is 0 Å². The number of nitrogens with zero attached hydrogens (tertiary/aromatic N) is 1. The summed E-state index contributed by atoms with van der Waals surface area (Å²) in [6.45, 7) is 2.81. The van der Waals surface area contributed by atoms with Crippen LogP contribution in [0.1, 0.15) is 28.0 Å². The fourth-order valence-corrected chi connectivity index (χ4v) is 4.76. The number of amides is 1. The van der Waals surface area contributed by atoms with Gasteiger partial charge in [0.05, 0.1) is 20.8 Å². The lowest BCUT2D eigenvalue weighted by Crippen LogP contribution is -2.30. The minimum absolute atomic E-state index is 0.0343. The fourth-order valence-electron chi connectivity index (χ4n) is 4.04. The Morgan fingerprint density at radius 1 is 1.03 bits per heavy atom. The Labute approximate surface area is 202 Å². The molecule has 0 saturated heterocycles. The average molecular weight is 478 g/mol. The zero-order chi connectivity index (χ0) is 24.1. The van der Waals surface area contributed by atoms with Crippen molar-refractivity contribution in [1.29, 1.82) is 0 Å². The van der Waals surface area contributed by atoms with Crippen molar-refractivity contribution >= 4 is 28.2 Å². The first-order valence-corrected chi connectivity index (χ1v) is 11.9. The van der Waals surface area contributed by atoms with Gasteiger partial charge in [0.25, 0.3) is 0 Å². The molecule has 4 rings (SSSR count). The van der Waals surface area contributed by atoms with Crippen LogP contribution in [0.4, 0.5) is 0 Å². The zero-order valence-corrected chi connectivity index (χ0v) is 20.3. The number of hydrogen-bond acceptors (Lipinski definition) is 6. The summed E-state index contributed by atoms with van der Waals surface area (Å²) < 4.78 is 16.3. The number of thiophene rings is 1. The molecule has 2 aromatic carbocycles. The highest BCUT2D eigenvalue weighted by Crippen LogP contribution is 2.26. The van der Waals surface area contributed by atoms with Gasteiger partial charge in [-0.25, -0.2) is 4.79 Å². The Morgan fingerprint density at radius 2 is 1.85 bits per heavy atom. The van der Waals surface area contributed by atoms with Crippen molar-refractivity contribution in [2.24, 2.45) is 0 Å². The molecule has 0 bridgehead atoms. The van der Waals surface area contributed by atoms with E-state index in [-0.39, 0.29) is 12.3 Å². The predicted molar refractivity (Wildman–Crippen MR) is 134 cm³/mol. The molecule has 0 saturated carbocycles. The smallest absolute Gasteiger partial charge is 0.339 e. The van der Waals surface area contributed by atoms with Gasteiger partial charge in [-0.05, 0) is 48.6 Å². The lowest BCUT2D eigenvalue weighted by atomic mass is 10.0. The van der Waals surface area contributed by atoms with Crippen LogP contribution in [0.2, 0.25) is 0 Å². The Balaban J connectivity index is 1.56. The minimum Gasteiger partial charge on any atom is -0.497 e. The number of fused-ring (bicyclic) bond motifs is 1. The highest BCUT2D eigenvalue weighted by atomic mass is 32.1. The summed E-state index contributed by atoms with van der Waals surface area (Å²) in [6, 6.07) is 17.1. The van der Waals surface area contributed by atoms with Crippen molar-refractivity contribution < 1.29 is 18.7 Å². The molecule has 6 nitrogen and oxygen atoms in total. The molecule has 0 unspecified atom stereocenters. The van der Waals surface area contributed by atoms with E-state index in [1.807, 2.05) is 65.7 Å². The second-order valence-electron chi connectivity index (χ2n) is 8.00. The summed E-state index contributed by atoms with van der Waals surface area (Å²) in [4.78, 5) is 29.0. The third kappa shape index (κ3) is 5.15. The van der Waals surface area contributed by atoms with E-state index in [1.54, 1.807) is 31.6 Å². The van der Waals surface area contributed by atoms with E-state index >= 15 is 0 Å². The van der Waals surface area contributed by atoms with Gasteiger partial charge >= 0.3 is 5.63 Å². The molecule has 0 fully saturated rings. The van der Waals surface area contributed by atoms with Crippen LogP contribution < -0.4 is 15.1 Å². The quantitative estimate of drug-likeness (QED) is 0.304. The third-order valence-electron chi connectivity index (χ3n) is 5.92. The summed E-state index contributed by atoms with van der Waals surface area (Å²) in [5.74, 6) is 1.33. The van der Waals surface area contributed by atoms with Crippen LogP contribution in [0.5, 0.6) is 11.5 Å². The van der Waals surface area contributed by atoms with Crippen LogP contribution in [0.3, 0.4) is 0 Å². The summed E-state index contributed by atoms with van der Waals surface area (Å²) in [5.41, 5.74) is 2.36. The van der Waals surface area contributed by atoms with E-state index in [2.05, 4.69) is 0 Å². The van der Waals surface area contributed by atoms with E-state index in [4.69, 9.17) is 13.9 Å². The molecule has 0 N–H and O–H groups in total. The van der Waals surface area contributed by atoms with Crippen molar-refractivity contribution in [2.75, 3.05) is 14.2 Å². The summed E-state index contributed by atoms with van der Waals surface area (Å²) in [5, 5.41) is 2.84. The molecule has 0 atom stereocenters. The van der Waals surface area contributed by atoms with E-state index < -0.39 is 5.63 Å². The van der Waals surface area contributed by atoms with Crippen molar-refractivity contribution in [2.45, 2.75) is 32.9 Å². The molecule has 1 amide bonds. The first-order valence-electron chi connectivity index (χ1n) is 11.0. The number of carbonyl (C=O) groups excluding carboxylic acids is 1. The van der Waals surface area contributed by atoms with Crippen LogP contribution in [0.15, 0.2) is 69.2 Å². The Morgan fingerprint density at radius 3 is 2.59 bits per heavy atom. The third-order valence-corrected chi connectivity index (χ3v) is 6.78. The number of benzene rings is 2. The first kappa shape index (κ1) is 23.6. The lowest BCUT2D eigenvalue weighted by Gasteiger charge is -2.23. The Kier molecular flexibility index (Phi) is 7.33. The zero-order valence-electron chi connectivity index (χ0n) is 19.5. The Bertz CT molecular complexity index is 1340. The summed E-state index contributed by atoms with van der Waals surface area (Å²) in [6.07, 6.45) is 0.510. The largest absolute Gasteiger partial charge is 0.497 e. The number of ether oxygens (including phenoxy) is 2. The van der Waals surface area contributed by atoms with Crippen LogP contribution >= 0.6 is 11.3 Å². The van der Waals surface area contributed by atoms with Crippen molar-refractivity contribution in [1.82, 2.24) is 4.90 Å². The molecule has 7 heteroatoms. The molecular formula is C27H27NO5S. The normalized spacial score (nSPS) is 10.9. The van der Waals surface area contributed by atoms with Crippen molar-refractivity contribution in [3.05, 3.63) is 92.0 Å². The van der Waals surface area contributed by atoms with Gasteiger partial charge < -0.3 is 18.8 Å². The minimum atomic E-state index is -0.416. The number of para-hydroxylation sites is 1. The molecule has 4 aromatic rings. The molecule has 0 radical (unpaired) electrons. The molecule has 176 valence electrons. The number of hydrogen-bond donors (Lipinski definition) is 0. The molecule has 0 aliphatic carbocycles. The predicted octanol–water partition coefficient (Wildman–Crippen LogP) is 5.34. The molecule has 2 aromatic heterocycles. The van der Waals surface area contributed by atoms with E-state index in [9.17, 15) is 9.59 Å². The van der Waals surface area contributed by atoms with Gasteiger partial charge in [-0.15, -0.1) is 11.3 Å². The van der Waals surface area contributed by atoms with E-state index in [0.29, 0.717) is 36.4 Å². The van der Waals surface area contributed by atoms with Gasteiger partial charge in [0.15, 0.2) is 0 Å². The van der Waals surface area contributed by atoms with Crippen LogP contribution in [-0.4, -0.2) is 25.0 Å². The van der Waals surface area contributed by atoms with Gasteiger partial charge in [0.2, 0.25) is 5.91 Å². The maximum atomic E-state index is 13.4. The maximum Gasteiger partial charge on any atom is 0.339 e. The number of carbonyl (C=O) groups is 1. The highest BCUT2D eigenvalue weighted by molar-refractivity contribution is 7.09. The van der Waals surface area contributed by atoms with Crippen LogP contribution in [-0.2, 0) is 24.3 Å². The van der Waals surface area contributed by atoms with Gasteiger partial charge in [-0.3, -0.25) is 4.79 Å². The molecular weight excluding hydrogens is 450 g/mol. The van der Waals surface area contributed by atoms with Gasteiger partial charge in [0, 0.05) is 40.4 Å². The number of methoxy groups -OCH3 is 2. The van der Waals surface area contributed by atoms with E-state index in [1.165, 1.54) is 0 Å². The molecule has 34 heavy (non-hydrogen) atoms. The first-order chi connectivity index (χ1) is 16.5. The van der Waals surface area contributed by atoms with Crippen LogP contribution in [0, 0.1) is 6.92 Å². The SMILES string of the molecule is COc1ccc2c(C)c(CCC(=O)N(Cc3cccs3)Cc3ccccc3OC)c(=O)oc2c1. The van der Waals surface area contributed by atoms with Crippen LogP contribution in [0.25, 0.3) is 11.0 Å². The topological polar surface area (TPSA) is 69.0 Å². The summed E-state index contributed by atoms with van der Waals surface area (Å²) in [7, 11) is 3.20. The lowest BCUT2D eigenvalue weighted by molar-refractivity contribution is -0.132. The monoisotopic (exact) mass is 477 g/mol. The number of aryl methyl sites for hydroxylation is 1. The summed E-state index contributed by atoms with van der Waals surface area (Å²) >= 11 is 1.61. The van der Waals surface area contributed by atoms with Crippen molar-refractivity contribution in [3.63, 3.8) is 0 Å². The molecule has 0 spiro atoms. The van der Waals surface area contributed by atoms with E-state index in [0.717, 1.165) is 27.1 Å². The molecule has 0 aliphatic rings. The fraction of sp³-hybridized carbons (Fsp3) is 0.259. The molecule has 0 aliphatic heterocycles. The second kappa shape index (κ2) is 10.6. The van der Waals surface area contributed by atoms with Crippen molar-refractivity contribution in [3.8, 4) is 11.5 Å². The highest BCUT2D eigenvalue weighted by Gasteiger charge is 2.19.